The summed E-state index contributed by atoms with van der Waals surface area (Å²) in [5.74, 6) is 0.653. The summed E-state index contributed by atoms with van der Waals surface area (Å²) in [5, 5.41) is 3.33. The van der Waals surface area contributed by atoms with E-state index in [1.54, 1.807) is 6.20 Å². The second-order valence-electron chi connectivity index (χ2n) is 4.56. The molecule has 0 amide bonds. The molecular formula is C14H20N4O. The van der Waals surface area contributed by atoms with E-state index in [2.05, 4.69) is 33.7 Å². The summed E-state index contributed by atoms with van der Waals surface area (Å²) in [6.45, 7) is 7.59. The van der Waals surface area contributed by atoms with Crippen LogP contribution in [0.15, 0.2) is 30.9 Å². The number of imidazole rings is 1. The molecule has 2 rings (SSSR count). The predicted molar refractivity (Wildman–Crippen MR) is 75.3 cm³/mol. The predicted octanol–water partition coefficient (Wildman–Crippen LogP) is 2.87. The Morgan fingerprint density at radius 1 is 1.32 bits per heavy atom. The van der Waals surface area contributed by atoms with Crippen LogP contribution < -0.4 is 10.1 Å². The number of hydrogen-bond donors (Lipinski definition) is 1. The maximum Gasteiger partial charge on any atom is 0.213 e. The Hall–Kier alpha value is -2.04. The van der Waals surface area contributed by atoms with Gasteiger partial charge in [-0.25, -0.2) is 9.97 Å². The summed E-state index contributed by atoms with van der Waals surface area (Å²) >= 11 is 0. The fourth-order valence-corrected chi connectivity index (χ4v) is 1.84. The Balaban J connectivity index is 1.96. The van der Waals surface area contributed by atoms with Gasteiger partial charge in [-0.05, 0) is 26.8 Å². The first-order valence-electron chi connectivity index (χ1n) is 6.54. The molecule has 0 unspecified atom stereocenters. The number of anilines is 1. The second kappa shape index (κ2) is 6.22. The summed E-state index contributed by atoms with van der Waals surface area (Å²) in [4.78, 5) is 8.40. The van der Waals surface area contributed by atoms with Gasteiger partial charge in [0.25, 0.3) is 0 Å². The van der Waals surface area contributed by atoms with Gasteiger partial charge in [-0.2, -0.15) is 0 Å². The average molecular weight is 260 g/mol. The van der Waals surface area contributed by atoms with Gasteiger partial charge in [0.1, 0.15) is 0 Å². The van der Waals surface area contributed by atoms with Gasteiger partial charge in [0.2, 0.25) is 5.88 Å². The molecule has 0 spiro atoms. The molecule has 0 radical (unpaired) electrons. The van der Waals surface area contributed by atoms with Gasteiger partial charge in [-0.1, -0.05) is 0 Å². The third-order valence-corrected chi connectivity index (χ3v) is 2.80. The number of aromatic nitrogens is 3. The molecule has 0 aliphatic rings. The summed E-state index contributed by atoms with van der Waals surface area (Å²) < 4.78 is 7.46. The fraction of sp³-hybridized carbons (Fsp3) is 0.429. The SMILES string of the molecule is CCOc1ccc(NCc2cncn2C(C)C)cn1. The van der Waals surface area contributed by atoms with Crippen molar-refractivity contribution in [3.63, 3.8) is 0 Å². The maximum absolute atomic E-state index is 5.31. The third kappa shape index (κ3) is 3.47. The van der Waals surface area contributed by atoms with E-state index < -0.39 is 0 Å². The Kier molecular flexibility index (Phi) is 4.39. The van der Waals surface area contributed by atoms with Gasteiger partial charge in [-0.15, -0.1) is 0 Å². The third-order valence-electron chi connectivity index (χ3n) is 2.80. The molecule has 0 aliphatic carbocycles. The van der Waals surface area contributed by atoms with Crippen molar-refractivity contribution in [2.24, 2.45) is 0 Å². The molecule has 5 nitrogen and oxygen atoms in total. The van der Waals surface area contributed by atoms with Gasteiger partial charge in [-0.3, -0.25) is 0 Å². The van der Waals surface area contributed by atoms with Crippen molar-refractivity contribution in [3.05, 3.63) is 36.5 Å². The number of hydrogen-bond acceptors (Lipinski definition) is 4. The molecule has 2 heterocycles. The van der Waals surface area contributed by atoms with Crippen LogP contribution in [0.25, 0.3) is 0 Å². The monoisotopic (exact) mass is 260 g/mol. The summed E-state index contributed by atoms with van der Waals surface area (Å²) in [6.07, 6.45) is 5.52. The molecule has 0 aliphatic heterocycles. The van der Waals surface area contributed by atoms with E-state index in [1.165, 1.54) is 0 Å². The zero-order valence-electron chi connectivity index (χ0n) is 11.6. The summed E-state index contributed by atoms with van der Waals surface area (Å²) in [5.41, 5.74) is 2.13. The Morgan fingerprint density at radius 3 is 2.79 bits per heavy atom. The van der Waals surface area contributed by atoms with E-state index in [0.717, 1.165) is 17.9 Å². The van der Waals surface area contributed by atoms with E-state index in [4.69, 9.17) is 4.74 Å². The zero-order valence-corrected chi connectivity index (χ0v) is 11.6. The van der Waals surface area contributed by atoms with Crippen LogP contribution in [0.2, 0.25) is 0 Å². The van der Waals surface area contributed by atoms with Gasteiger partial charge in [0.05, 0.1) is 37.1 Å². The van der Waals surface area contributed by atoms with Crippen LogP contribution in [0, 0.1) is 0 Å². The van der Waals surface area contributed by atoms with E-state index in [0.29, 0.717) is 18.5 Å². The number of nitrogens with zero attached hydrogens (tertiary/aromatic N) is 3. The molecule has 2 aromatic rings. The zero-order chi connectivity index (χ0) is 13.7. The van der Waals surface area contributed by atoms with Crippen molar-refractivity contribution < 1.29 is 4.74 Å². The Morgan fingerprint density at radius 2 is 2.16 bits per heavy atom. The van der Waals surface area contributed by atoms with Crippen LogP contribution in [0.1, 0.15) is 32.5 Å². The molecule has 102 valence electrons. The van der Waals surface area contributed by atoms with Crippen molar-refractivity contribution in [1.82, 2.24) is 14.5 Å². The molecule has 1 N–H and O–H groups in total. The molecule has 0 saturated heterocycles. The summed E-state index contributed by atoms with van der Waals surface area (Å²) in [7, 11) is 0. The van der Waals surface area contributed by atoms with E-state index in [-0.39, 0.29) is 0 Å². The topological polar surface area (TPSA) is 52.0 Å². The minimum atomic E-state index is 0.415. The van der Waals surface area contributed by atoms with Crippen LogP contribution in [0.5, 0.6) is 5.88 Å². The van der Waals surface area contributed by atoms with Gasteiger partial charge < -0.3 is 14.6 Å². The molecule has 19 heavy (non-hydrogen) atoms. The summed E-state index contributed by atoms with van der Waals surface area (Å²) in [6, 6.07) is 4.25. The van der Waals surface area contributed by atoms with E-state index >= 15 is 0 Å². The maximum atomic E-state index is 5.31. The first-order valence-corrected chi connectivity index (χ1v) is 6.54. The molecule has 5 heteroatoms. The van der Waals surface area contributed by atoms with Gasteiger partial charge in [0, 0.05) is 18.3 Å². The van der Waals surface area contributed by atoms with Crippen LogP contribution in [0.3, 0.4) is 0 Å². The van der Waals surface area contributed by atoms with Gasteiger partial charge in [0.15, 0.2) is 0 Å². The standard InChI is InChI=1S/C14H20N4O/c1-4-19-14-6-5-12(7-17-14)16-9-13-8-15-10-18(13)11(2)3/h5-8,10-11,16H,4,9H2,1-3H3. The van der Waals surface area contributed by atoms with Crippen molar-refractivity contribution in [2.75, 3.05) is 11.9 Å². The number of ether oxygens (including phenoxy) is 1. The molecule has 0 bridgehead atoms. The van der Waals surface area contributed by atoms with Crippen LogP contribution in [-0.4, -0.2) is 21.1 Å². The smallest absolute Gasteiger partial charge is 0.213 e. The Labute approximate surface area is 113 Å². The molecule has 0 saturated carbocycles. The van der Waals surface area contributed by atoms with Crippen LogP contribution >= 0.6 is 0 Å². The quantitative estimate of drug-likeness (QED) is 0.867. The minimum Gasteiger partial charge on any atom is -0.478 e. The minimum absolute atomic E-state index is 0.415. The van der Waals surface area contributed by atoms with Gasteiger partial charge >= 0.3 is 0 Å². The van der Waals surface area contributed by atoms with E-state index in [1.807, 2.05) is 31.6 Å². The second-order valence-corrected chi connectivity index (χ2v) is 4.56. The highest BCUT2D eigenvalue weighted by Gasteiger charge is 2.05. The lowest BCUT2D eigenvalue weighted by Crippen LogP contribution is -2.09. The highest BCUT2D eigenvalue weighted by atomic mass is 16.5. The average Bonchev–Trinajstić information content (AvgIpc) is 2.87. The fourth-order valence-electron chi connectivity index (χ4n) is 1.84. The van der Waals surface area contributed by atoms with Crippen molar-refractivity contribution in [2.45, 2.75) is 33.4 Å². The molecular weight excluding hydrogens is 240 g/mol. The largest absolute Gasteiger partial charge is 0.478 e. The molecule has 0 fully saturated rings. The number of nitrogens with one attached hydrogen (secondary N) is 1. The van der Waals surface area contributed by atoms with E-state index in [9.17, 15) is 0 Å². The van der Waals surface area contributed by atoms with Crippen molar-refractivity contribution in [3.8, 4) is 5.88 Å². The molecule has 2 aromatic heterocycles. The highest BCUT2D eigenvalue weighted by molar-refractivity contribution is 5.42. The lowest BCUT2D eigenvalue weighted by molar-refractivity contribution is 0.327. The Bertz CT molecular complexity index is 504. The lowest BCUT2D eigenvalue weighted by atomic mass is 10.3. The normalized spacial score (nSPS) is 10.7. The number of rotatable bonds is 6. The molecule has 0 aromatic carbocycles. The molecule has 0 atom stereocenters. The first kappa shape index (κ1) is 13.4. The first-order chi connectivity index (χ1) is 9.20. The lowest BCUT2D eigenvalue weighted by Gasteiger charge is -2.13. The van der Waals surface area contributed by atoms with Crippen LogP contribution in [-0.2, 0) is 6.54 Å². The number of pyridine rings is 1. The van der Waals surface area contributed by atoms with Crippen LogP contribution in [0.4, 0.5) is 5.69 Å². The highest BCUT2D eigenvalue weighted by Crippen LogP contribution is 2.14. The van der Waals surface area contributed by atoms with Crippen molar-refractivity contribution in [1.29, 1.82) is 0 Å². The van der Waals surface area contributed by atoms with Crippen molar-refractivity contribution >= 4 is 5.69 Å².